The summed E-state index contributed by atoms with van der Waals surface area (Å²) in [7, 11) is 3.39. The molecule has 6 heteroatoms. The SMILES string of the molecule is CCC(C)NC(=O)c1cccc(CNC(=NC)NCc2cccc(OC)c2)c1. The van der Waals surface area contributed by atoms with Crippen LogP contribution in [0, 0.1) is 0 Å². The second kappa shape index (κ2) is 11.0. The lowest BCUT2D eigenvalue weighted by atomic mass is 10.1. The van der Waals surface area contributed by atoms with Crippen molar-refractivity contribution >= 4 is 11.9 Å². The van der Waals surface area contributed by atoms with Crippen molar-refractivity contribution in [2.24, 2.45) is 4.99 Å². The lowest BCUT2D eigenvalue weighted by Crippen LogP contribution is -2.36. The van der Waals surface area contributed by atoms with E-state index < -0.39 is 0 Å². The topological polar surface area (TPSA) is 74.8 Å². The van der Waals surface area contributed by atoms with Crippen molar-refractivity contribution in [1.82, 2.24) is 16.0 Å². The Morgan fingerprint density at radius 1 is 1.07 bits per heavy atom. The number of nitrogens with one attached hydrogen (secondary N) is 3. The Balaban J connectivity index is 1.90. The molecular weight excluding hydrogens is 352 g/mol. The van der Waals surface area contributed by atoms with Crippen LogP contribution in [0.2, 0.25) is 0 Å². The van der Waals surface area contributed by atoms with Crippen LogP contribution >= 0.6 is 0 Å². The fourth-order valence-electron chi connectivity index (χ4n) is 2.61. The standard InChI is InChI=1S/C22H30N4O2/c1-5-16(2)26-21(27)19-10-6-8-17(12-19)14-24-22(23-3)25-15-18-9-7-11-20(13-18)28-4/h6-13,16H,5,14-15H2,1-4H3,(H,26,27)(H2,23,24,25). The van der Waals surface area contributed by atoms with Gasteiger partial charge < -0.3 is 20.7 Å². The van der Waals surface area contributed by atoms with Crippen LogP contribution < -0.4 is 20.7 Å². The number of aliphatic imine (C=N–C) groups is 1. The normalized spacial score (nSPS) is 12.2. The van der Waals surface area contributed by atoms with Gasteiger partial charge in [0.25, 0.3) is 5.91 Å². The Labute approximate surface area is 167 Å². The minimum atomic E-state index is -0.0447. The Hall–Kier alpha value is -3.02. The van der Waals surface area contributed by atoms with E-state index in [1.807, 2.05) is 55.5 Å². The number of hydrogen-bond acceptors (Lipinski definition) is 3. The van der Waals surface area contributed by atoms with Crippen LogP contribution in [-0.2, 0) is 13.1 Å². The van der Waals surface area contributed by atoms with Crippen molar-refractivity contribution in [2.45, 2.75) is 39.4 Å². The van der Waals surface area contributed by atoms with Crippen molar-refractivity contribution in [3.05, 3.63) is 65.2 Å². The van der Waals surface area contributed by atoms with Gasteiger partial charge in [0.15, 0.2) is 5.96 Å². The molecule has 2 aromatic carbocycles. The fraction of sp³-hybridized carbons (Fsp3) is 0.364. The molecule has 0 spiro atoms. The molecule has 0 saturated heterocycles. The first-order valence-corrected chi connectivity index (χ1v) is 9.53. The molecule has 0 heterocycles. The van der Waals surface area contributed by atoms with E-state index in [-0.39, 0.29) is 11.9 Å². The molecule has 150 valence electrons. The summed E-state index contributed by atoms with van der Waals surface area (Å²) >= 11 is 0. The number of carbonyl (C=O) groups is 1. The Kier molecular flexibility index (Phi) is 8.34. The maximum Gasteiger partial charge on any atom is 0.251 e. The molecule has 1 atom stereocenters. The summed E-state index contributed by atoms with van der Waals surface area (Å²) < 4.78 is 5.25. The van der Waals surface area contributed by atoms with Gasteiger partial charge in [-0.3, -0.25) is 9.79 Å². The number of benzene rings is 2. The molecular formula is C22H30N4O2. The third kappa shape index (κ3) is 6.61. The zero-order chi connectivity index (χ0) is 20.4. The fourth-order valence-corrected chi connectivity index (χ4v) is 2.61. The number of carbonyl (C=O) groups excluding carboxylic acids is 1. The van der Waals surface area contributed by atoms with Gasteiger partial charge in [-0.2, -0.15) is 0 Å². The van der Waals surface area contributed by atoms with E-state index in [9.17, 15) is 4.79 Å². The second-order valence-corrected chi connectivity index (χ2v) is 6.61. The monoisotopic (exact) mass is 382 g/mol. The quantitative estimate of drug-likeness (QED) is 0.484. The molecule has 0 radical (unpaired) electrons. The summed E-state index contributed by atoms with van der Waals surface area (Å²) in [6, 6.07) is 15.7. The molecule has 6 nitrogen and oxygen atoms in total. The largest absolute Gasteiger partial charge is 0.497 e. The molecule has 0 aliphatic heterocycles. The van der Waals surface area contributed by atoms with Crippen LogP contribution in [0.4, 0.5) is 0 Å². The van der Waals surface area contributed by atoms with Gasteiger partial charge in [-0.25, -0.2) is 0 Å². The average molecular weight is 383 g/mol. The summed E-state index contributed by atoms with van der Waals surface area (Å²) in [5.41, 5.74) is 2.78. The molecule has 0 fully saturated rings. The number of amides is 1. The highest BCUT2D eigenvalue weighted by atomic mass is 16.5. The number of ether oxygens (including phenoxy) is 1. The number of hydrogen-bond donors (Lipinski definition) is 3. The first kappa shape index (κ1) is 21.3. The van der Waals surface area contributed by atoms with Crippen LogP contribution in [0.5, 0.6) is 5.75 Å². The third-order valence-electron chi connectivity index (χ3n) is 4.46. The molecule has 1 amide bonds. The van der Waals surface area contributed by atoms with E-state index in [1.165, 1.54) is 0 Å². The van der Waals surface area contributed by atoms with Crippen LogP contribution in [0.1, 0.15) is 41.8 Å². The van der Waals surface area contributed by atoms with Gasteiger partial charge in [-0.1, -0.05) is 31.2 Å². The molecule has 0 bridgehead atoms. The maximum atomic E-state index is 12.3. The molecule has 2 aromatic rings. The van der Waals surface area contributed by atoms with Crippen molar-refractivity contribution in [1.29, 1.82) is 0 Å². The van der Waals surface area contributed by atoms with E-state index in [1.54, 1.807) is 14.2 Å². The van der Waals surface area contributed by atoms with E-state index in [0.717, 1.165) is 23.3 Å². The molecule has 0 aromatic heterocycles. The summed E-state index contributed by atoms with van der Waals surface area (Å²) in [6.45, 7) is 5.26. The van der Waals surface area contributed by atoms with Crippen LogP contribution in [0.25, 0.3) is 0 Å². The number of nitrogens with zero attached hydrogens (tertiary/aromatic N) is 1. The predicted molar refractivity (Wildman–Crippen MR) is 114 cm³/mol. The van der Waals surface area contributed by atoms with Gasteiger partial charge in [0.05, 0.1) is 7.11 Å². The van der Waals surface area contributed by atoms with E-state index in [2.05, 4.69) is 27.9 Å². The van der Waals surface area contributed by atoms with Crippen molar-refractivity contribution in [3.63, 3.8) is 0 Å². The third-order valence-corrected chi connectivity index (χ3v) is 4.46. The van der Waals surface area contributed by atoms with Gasteiger partial charge in [-0.15, -0.1) is 0 Å². The van der Waals surface area contributed by atoms with Gasteiger partial charge in [0, 0.05) is 31.7 Å². The molecule has 0 saturated carbocycles. The average Bonchev–Trinajstić information content (AvgIpc) is 2.74. The van der Waals surface area contributed by atoms with E-state index in [0.29, 0.717) is 24.6 Å². The van der Waals surface area contributed by atoms with E-state index in [4.69, 9.17) is 4.74 Å². The Bertz CT molecular complexity index is 805. The second-order valence-electron chi connectivity index (χ2n) is 6.61. The highest BCUT2D eigenvalue weighted by Crippen LogP contribution is 2.12. The first-order valence-electron chi connectivity index (χ1n) is 9.53. The van der Waals surface area contributed by atoms with Crippen LogP contribution in [0.15, 0.2) is 53.5 Å². The van der Waals surface area contributed by atoms with E-state index >= 15 is 0 Å². The number of rotatable bonds is 8. The summed E-state index contributed by atoms with van der Waals surface area (Å²) in [5.74, 6) is 1.48. The van der Waals surface area contributed by atoms with Gasteiger partial charge >= 0.3 is 0 Å². The minimum Gasteiger partial charge on any atom is -0.497 e. The van der Waals surface area contributed by atoms with Crippen molar-refractivity contribution in [3.8, 4) is 5.75 Å². The lowest BCUT2D eigenvalue weighted by Gasteiger charge is -2.14. The highest BCUT2D eigenvalue weighted by molar-refractivity contribution is 5.94. The lowest BCUT2D eigenvalue weighted by molar-refractivity contribution is 0.0939. The van der Waals surface area contributed by atoms with Gasteiger partial charge in [0.2, 0.25) is 0 Å². The summed E-state index contributed by atoms with van der Waals surface area (Å²) in [5, 5.41) is 9.55. The molecule has 3 N–H and O–H groups in total. The van der Waals surface area contributed by atoms with Gasteiger partial charge in [-0.05, 0) is 48.7 Å². The number of guanidine groups is 1. The minimum absolute atomic E-state index is 0.0447. The molecule has 0 aliphatic carbocycles. The highest BCUT2D eigenvalue weighted by Gasteiger charge is 2.09. The zero-order valence-corrected chi connectivity index (χ0v) is 17.1. The summed E-state index contributed by atoms with van der Waals surface area (Å²) in [6.07, 6.45) is 0.905. The molecule has 2 rings (SSSR count). The molecule has 1 unspecified atom stereocenters. The van der Waals surface area contributed by atoms with Crippen LogP contribution in [-0.4, -0.2) is 32.1 Å². The Morgan fingerprint density at radius 3 is 2.32 bits per heavy atom. The van der Waals surface area contributed by atoms with Gasteiger partial charge in [0.1, 0.15) is 5.75 Å². The predicted octanol–water partition coefficient (Wildman–Crippen LogP) is 3.09. The van der Waals surface area contributed by atoms with Crippen LogP contribution in [0.3, 0.4) is 0 Å². The van der Waals surface area contributed by atoms with Crippen molar-refractivity contribution in [2.75, 3.05) is 14.2 Å². The molecule has 0 aliphatic rings. The zero-order valence-electron chi connectivity index (χ0n) is 17.1. The Morgan fingerprint density at radius 2 is 1.71 bits per heavy atom. The smallest absolute Gasteiger partial charge is 0.251 e. The van der Waals surface area contributed by atoms with Crippen molar-refractivity contribution < 1.29 is 9.53 Å². The number of methoxy groups -OCH3 is 1. The summed E-state index contributed by atoms with van der Waals surface area (Å²) in [4.78, 5) is 16.5. The maximum absolute atomic E-state index is 12.3. The first-order chi connectivity index (χ1) is 13.5. The molecule has 28 heavy (non-hydrogen) atoms.